The zero-order valence-electron chi connectivity index (χ0n) is 12.0. The number of nitrogens with one attached hydrogen (secondary N) is 1. The van der Waals surface area contributed by atoms with Crippen LogP contribution >= 0.6 is 0 Å². The first kappa shape index (κ1) is 17.2. The number of hydrogen-bond acceptors (Lipinski definition) is 5. The highest BCUT2D eigenvalue weighted by Crippen LogP contribution is 2.28. The van der Waals surface area contributed by atoms with Crippen molar-refractivity contribution in [3.05, 3.63) is 17.9 Å². The minimum atomic E-state index is -3.95. The van der Waals surface area contributed by atoms with Crippen molar-refractivity contribution in [1.29, 1.82) is 0 Å². The van der Waals surface area contributed by atoms with Gasteiger partial charge in [0.25, 0.3) is 0 Å². The number of anilines is 1. The van der Waals surface area contributed by atoms with Crippen molar-refractivity contribution in [3.8, 4) is 5.75 Å². The van der Waals surface area contributed by atoms with Crippen LogP contribution in [0.5, 0.6) is 5.75 Å². The van der Waals surface area contributed by atoms with Gasteiger partial charge in [0.1, 0.15) is 0 Å². The summed E-state index contributed by atoms with van der Waals surface area (Å²) in [5.41, 5.74) is 5.41. The molecule has 0 aliphatic heterocycles. The second-order valence-electron chi connectivity index (χ2n) is 4.46. The number of amides is 1. The molecule has 0 spiro atoms. The number of rotatable bonds is 6. The van der Waals surface area contributed by atoms with E-state index in [1.54, 1.807) is 14.1 Å². The molecule has 0 saturated carbocycles. The molecule has 0 saturated heterocycles. The van der Waals surface area contributed by atoms with Crippen LogP contribution in [0.25, 0.3) is 0 Å². The van der Waals surface area contributed by atoms with Crippen molar-refractivity contribution in [1.82, 2.24) is 9.62 Å². The predicted molar refractivity (Wildman–Crippen MR) is 75.9 cm³/mol. The SMILES string of the molecule is COc1c(N)cc(S(=O)(=O)NCCC(=O)N(C)C)cc1F. The highest BCUT2D eigenvalue weighted by molar-refractivity contribution is 7.89. The summed E-state index contributed by atoms with van der Waals surface area (Å²) in [4.78, 5) is 12.4. The van der Waals surface area contributed by atoms with Crippen molar-refractivity contribution in [3.63, 3.8) is 0 Å². The molecule has 0 fully saturated rings. The first-order valence-corrected chi connectivity index (χ1v) is 7.50. The number of carbonyl (C=O) groups excluding carboxylic acids is 1. The predicted octanol–water partition coefficient (Wildman–Crippen LogP) is 0.173. The highest BCUT2D eigenvalue weighted by Gasteiger charge is 2.19. The quantitative estimate of drug-likeness (QED) is 0.728. The normalized spacial score (nSPS) is 11.2. The van der Waals surface area contributed by atoms with Gasteiger partial charge in [0.2, 0.25) is 15.9 Å². The van der Waals surface area contributed by atoms with E-state index in [-0.39, 0.29) is 35.2 Å². The van der Waals surface area contributed by atoms with Crippen LogP contribution in [0, 0.1) is 5.82 Å². The Kier molecular flexibility index (Phi) is 5.50. The maximum Gasteiger partial charge on any atom is 0.240 e. The van der Waals surface area contributed by atoms with E-state index in [9.17, 15) is 17.6 Å². The number of carbonyl (C=O) groups is 1. The second kappa shape index (κ2) is 6.72. The topological polar surface area (TPSA) is 102 Å². The fourth-order valence-electron chi connectivity index (χ4n) is 1.56. The summed E-state index contributed by atoms with van der Waals surface area (Å²) in [5.74, 6) is -1.31. The Hall–Kier alpha value is -1.87. The van der Waals surface area contributed by atoms with Crippen molar-refractivity contribution in [2.24, 2.45) is 0 Å². The standard InChI is InChI=1S/C12H18FN3O4S/c1-16(2)11(17)4-5-15-21(18,19)8-6-9(13)12(20-3)10(14)7-8/h6-7,15H,4-5,14H2,1-3H3. The average Bonchev–Trinajstić information content (AvgIpc) is 2.37. The van der Waals surface area contributed by atoms with E-state index in [1.165, 1.54) is 12.0 Å². The Labute approximate surface area is 122 Å². The maximum absolute atomic E-state index is 13.6. The summed E-state index contributed by atoms with van der Waals surface area (Å²) in [6, 6.07) is 1.91. The zero-order chi connectivity index (χ0) is 16.2. The summed E-state index contributed by atoms with van der Waals surface area (Å²) in [6.07, 6.45) is 0.000346. The van der Waals surface area contributed by atoms with Gasteiger partial charge in [0, 0.05) is 27.1 Å². The number of methoxy groups -OCH3 is 1. The lowest BCUT2D eigenvalue weighted by Gasteiger charge is -2.12. The van der Waals surface area contributed by atoms with E-state index in [0.717, 1.165) is 12.1 Å². The van der Waals surface area contributed by atoms with Crippen LogP contribution in [-0.4, -0.2) is 47.0 Å². The van der Waals surface area contributed by atoms with E-state index < -0.39 is 15.8 Å². The first-order valence-electron chi connectivity index (χ1n) is 6.02. The molecule has 0 unspecified atom stereocenters. The Bertz CT molecular complexity index is 608. The molecule has 0 aromatic heterocycles. The molecule has 7 nitrogen and oxygen atoms in total. The molecular weight excluding hydrogens is 301 g/mol. The lowest BCUT2D eigenvalue weighted by atomic mass is 10.3. The third-order valence-electron chi connectivity index (χ3n) is 2.69. The second-order valence-corrected chi connectivity index (χ2v) is 6.23. The van der Waals surface area contributed by atoms with Crippen molar-refractivity contribution >= 4 is 21.6 Å². The van der Waals surface area contributed by atoms with Gasteiger partial charge in [-0.15, -0.1) is 0 Å². The van der Waals surface area contributed by atoms with Gasteiger partial charge in [0.15, 0.2) is 11.6 Å². The van der Waals surface area contributed by atoms with Crippen molar-refractivity contribution < 1.29 is 22.3 Å². The third-order valence-corrected chi connectivity index (χ3v) is 4.13. The minimum absolute atomic E-state index is 0.000346. The molecule has 1 amide bonds. The summed E-state index contributed by atoms with van der Waals surface area (Å²) < 4.78 is 44.5. The molecule has 0 aliphatic carbocycles. The van der Waals surface area contributed by atoms with Gasteiger partial charge in [-0.3, -0.25) is 4.79 Å². The fraction of sp³-hybridized carbons (Fsp3) is 0.417. The molecule has 0 heterocycles. The smallest absolute Gasteiger partial charge is 0.240 e. The molecule has 9 heteroatoms. The third kappa shape index (κ3) is 4.30. The van der Waals surface area contributed by atoms with Crippen LogP contribution in [0.3, 0.4) is 0 Å². The van der Waals surface area contributed by atoms with Crippen LogP contribution < -0.4 is 15.2 Å². The van der Waals surface area contributed by atoms with Gasteiger partial charge in [-0.2, -0.15) is 0 Å². The van der Waals surface area contributed by atoms with Crippen molar-refractivity contribution in [2.75, 3.05) is 33.5 Å². The Morgan fingerprint density at radius 1 is 1.43 bits per heavy atom. The maximum atomic E-state index is 13.6. The Morgan fingerprint density at radius 3 is 2.52 bits per heavy atom. The van der Waals surface area contributed by atoms with E-state index >= 15 is 0 Å². The molecule has 1 aromatic carbocycles. The summed E-state index contributed by atoms with van der Waals surface area (Å²) >= 11 is 0. The molecule has 21 heavy (non-hydrogen) atoms. The lowest BCUT2D eigenvalue weighted by Crippen LogP contribution is -2.30. The van der Waals surface area contributed by atoms with Crippen LogP contribution in [0.1, 0.15) is 6.42 Å². The van der Waals surface area contributed by atoms with E-state index in [4.69, 9.17) is 10.5 Å². The van der Waals surface area contributed by atoms with E-state index in [0.29, 0.717) is 0 Å². The number of nitrogens with two attached hydrogens (primary N) is 1. The summed E-state index contributed by atoms with van der Waals surface area (Å²) in [6.45, 7) is -0.0904. The molecule has 3 N–H and O–H groups in total. The van der Waals surface area contributed by atoms with Gasteiger partial charge in [-0.1, -0.05) is 0 Å². The largest absolute Gasteiger partial charge is 0.492 e. The average molecular weight is 319 g/mol. The minimum Gasteiger partial charge on any atom is -0.492 e. The Balaban J connectivity index is 2.87. The number of hydrogen-bond donors (Lipinski definition) is 2. The molecular formula is C12H18FN3O4S. The van der Waals surface area contributed by atoms with Gasteiger partial charge in [-0.25, -0.2) is 17.5 Å². The monoisotopic (exact) mass is 319 g/mol. The number of nitrogens with zero attached hydrogens (tertiary/aromatic N) is 1. The van der Waals surface area contributed by atoms with Gasteiger partial charge >= 0.3 is 0 Å². The first-order chi connectivity index (χ1) is 9.69. The lowest BCUT2D eigenvalue weighted by molar-refractivity contribution is -0.128. The molecule has 0 atom stereocenters. The molecule has 0 bridgehead atoms. The summed E-state index contributed by atoms with van der Waals surface area (Å²) in [5, 5.41) is 0. The number of nitrogen functional groups attached to an aromatic ring is 1. The number of halogens is 1. The molecule has 0 aliphatic rings. The zero-order valence-corrected chi connectivity index (χ0v) is 12.8. The molecule has 1 aromatic rings. The van der Waals surface area contributed by atoms with Gasteiger partial charge in [0.05, 0.1) is 17.7 Å². The Morgan fingerprint density at radius 2 is 2.05 bits per heavy atom. The molecule has 1 rings (SSSR count). The van der Waals surface area contributed by atoms with E-state index in [1.807, 2.05) is 0 Å². The molecule has 118 valence electrons. The van der Waals surface area contributed by atoms with Crippen LogP contribution in [0.15, 0.2) is 17.0 Å². The highest BCUT2D eigenvalue weighted by atomic mass is 32.2. The van der Waals surface area contributed by atoms with Gasteiger partial charge < -0.3 is 15.4 Å². The number of benzene rings is 1. The molecule has 0 radical (unpaired) electrons. The van der Waals surface area contributed by atoms with Crippen LogP contribution in [0.4, 0.5) is 10.1 Å². The van der Waals surface area contributed by atoms with Crippen LogP contribution in [0.2, 0.25) is 0 Å². The summed E-state index contributed by atoms with van der Waals surface area (Å²) in [7, 11) is 0.414. The van der Waals surface area contributed by atoms with Crippen molar-refractivity contribution in [2.45, 2.75) is 11.3 Å². The van der Waals surface area contributed by atoms with E-state index in [2.05, 4.69) is 4.72 Å². The van der Waals surface area contributed by atoms with Gasteiger partial charge in [-0.05, 0) is 12.1 Å². The number of sulfonamides is 1. The fourth-order valence-corrected chi connectivity index (χ4v) is 2.64. The number of ether oxygens (including phenoxy) is 1. The van der Waals surface area contributed by atoms with Crippen LogP contribution in [-0.2, 0) is 14.8 Å².